The zero-order chi connectivity index (χ0) is 9.10. The van der Waals surface area contributed by atoms with Crippen LogP contribution in [0.1, 0.15) is 0 Å². The minimum atomic E-state index is 0.0929. The van der Waals surface area contributed by atoms with Crippen LogP contribution >= 0.6 is 11.3 Å². The lowest BCUT2D eigenvalue weighted by Gasteiger charge is -2.26. The van der Waals surface area contributed by atoms with Crippen molar-refractivity contribution in [2.75, 3.05) is 19.7 Å². The first-order valence-electron chi connectivity index (χ1n) is 4.32. The van der Waals surface area contributed by atoms with Gasteiger partial charge < -0.3 is 14.6 Å². The molecule has 1 saturated heterocycles. The highest BCUT2D eigenvalue weighted by atomic mass is 32.1. The molecular weight excluding hydrogens is 188 g/mol. The van der Waals surface area contributed by atoms with Crippen LogP contribution in [-0.4, -0.2) is 30.4 Å². The molecule has 0 radical (unpaired) electrons. The molecule has 0 aromatic carbocycles. The summed E-state index contributed by atoms with van der Waals surface area (Å²) in [6, 6.07) is 0. The van der Waals surface area contributed by atoms with Crippen LogP contribution < -0.4 is 10.2 Å². The van der Waals surface area contributed by atoms with Crippen LogP contribution in [0.4, 0.5) is 0 Å². The van der Waals surface area contributed by atoms with Gasteiger partial charge in [0.15, 0.2) is 0 Å². The Morgan fingerprint density at radius 2 is 2.54 bits per heavy atom. The van der Waals surface area contributed by atoms with Gasteiger partial charge in [0.05, 0.1) is 12.7 Å². The summed E-state index contributed by atoms with van der Waals surface area (Å²) in [6.45, 7) is 3.18. The molecule has 1 N–H and O–H groups in total. The van der Waals surface area contributed by atoms with E-state index in [4.69, 9.17) is 4.74 Å². The fourth-order valence-corrected chi connectivity index (χ4v) is 1.77. The minimum Gasteiger partial charge on any atom is -0.374 e. The van der Waals surface area contributed by atoms with E-state index in [0.29, 0.717) is 19.3 Å². The first-order chi connectivity index (χ1) is 6.36. The molecule has 0 amide bonds. The molecule has 5 heteroatoms. The van der Waals surface area contributed by atoms with Crippen LogP contribution in [0.5, 0.6) is 0 Å². The molecular formula is C8H12N2O2S. The Bertz CT molecular complexity index is 316. The van der Waals surface area contributed by atoms with Gasteiger partial charge in [-0.3, -0.25) is 4.79 Å². The van der Waals surface area contributed by atoms with Crippen LogP contribution in [-0.2, 0) is 11.3 Å². The standard InChI is InChI=1S/C8H12N2O2S/c11-8-10(2-4-13-8)1-3-12-7-5-9-6-7/h2,4,7,9H,1,3,5-6H2. The average molecular weight is 200 g/mol. The molecule has 2 heterocycles. The van der Waals surface area contributed by atoms with Gasteiger partial charge in [0.1, 0.15) is 0 Å². The SMILES string of the molecule is O=c1sccn1CCOC1CNC1. The van der Waals surface area contributed by atoms with E-state index in [-0.39, 0.29) is 4.87 Å². The average Bonchev–Trinajstić information content (AvgIpc) is 2.42. The monoisotopic (exact) mass is 200 g/mol. The van der Waals surface area contributed by atoms with Gasteiger partial charge in [-0.1, -0.05) is 11.3 Å². The smallest absolute Gasteiger partial charge is 0.307 e. The lowest BCUT2D eigenvalue weighted by Crippen LogP contribution is -2.48. The van der Waals surface area contributed by atoms with Crippen molar-refractivity contribution in [1.29, 1.82) is 0 Å². The quantitative estimate of drug-likeness (QED) is 0.738. The number of nitrogens with one attached hydrogen (secondary N) is 1. The largest absolute Gasteiger partial charge is 0.374 e. The number of nitrogens with zero attached hydrogens (tertiary/aromatic N) is 1. The molecule has 72 valence electrons. The van der Waals surface area contributed by atoms with Gasteiger partial charge in [-0.2, -0.15) is 0 Å². The van der Waals surface area contributed by atoms with Gasteiger partial charge in [0.2, 0.25) is 0 Å². The number of aromatic nitrogens is 1. The maximum atomic E-state index is 11.1. The van der Waals surface area contributed by atoms with Crippen LogP contribution in [0, 0.1) is 0 Å². The Kier molecular flexibility index (Phi) is 2.77. The van der Waals surface area contributed by atoms with Gasteiger partial charge >= 0.3 is 4.87 Å². The summed E-state index contributed by atoms with van der Waals surface area (Å²) in [5.41, 5.74) is 0. The molecule has 0 bridgehead atoms. The van der Waals surface area contributed by atoms with Crippen LogP contribution in [0.2, 0.25) is 0 Å². The van der Waals surface area contributed by atoms with Crippen molar-refractivity contribution < 1.29 is 4.74 Å². The number of hydrogen-bond donors (Lipinski definition) is 1. The zero-order valence-electron chi connectivity index (χ0n) is 7.23. The molecule has 1 aliphatic heterocycles. The van der Waals surface area contributed by atoms with Crippen molar-refractivity contribution in [2.45, 2.75) is 12.6 Å². The van der Waals surface area contributed by atoms with Crippen molar-refractivity contribution in [2.24, 2.45) is 0 Å². The minimum absolute atomic E-state index is 0.0929. The summed E-state index contributed by atoms with van der Waals surface area (Å²) in [5, 5.41) is 4.92. The van der Waals surface area contributed by atoms with E-state index in [1.807, 2.05) is 0 Å². The second kappa shape index (κ2) is 4.04. The van der Waals surface area contributed by atoms with Crippen LogP contribution in [0.15, 0.2) is 16.4 Å². The highest BCUT2D eigenvalue weighted by Crippen LogP contribution is 1.98. The summed E-state index contributed by atoms with van der Waals surface area (Å²) in [4.78, 5) is 11.2. The fraction of sp³-hybridized carbons (Fsp3) is 0.625. The molecule has 0 atom stereocenters. The van der Waals surface area contributed by atoms with E-state index in [1.54, 1.807) is 16.1 Å². The third kappa shape index (κ3) is 2.18. The van der Waals surface area contributed by atoms with E-state index < -0.39 is 0 Å². The Labute approximate surface area is 80.1 Å². The molecule has 4 nitrogen and oxygen atoms in total. The number of rotatable bonds is 4. The summed E-state index contributed by atoms with van der Waals surface area (Å²) in [5.74, 6) is 0. The first-order valence-corrected chi connectivity index (χ1v) is 5.20. The van der Waals surface area contributed by atoms with E-state index in [2.05, 4.69) is 5.32 Å². The number of hydrogen-bond acceptors (Lipinski definition) is 4. The fourth-order valence-electron chi connectivity index (χ4n) is 1.15. The topological polar surface area (TPSA) is 43.3 Å². The Morgan fingerprint density at radius 1 is 1.69 bits per heavy atom. The Morgan fingerprint density at radius 3 is 3.08 bits per heavy atom. The predicted octanol–water partition coefficient (Wildman–Crippen LogP) is -0.102. The van der Waals surface area contributed by atoms with Crippen molar-refractivity contribution in [3.8, 4) is 0 Å². The van der Waals surface area contributed by atoms with Gasteiger partial charge in [-0.15, -0.1) is 0 Å². The molecule has 1 aromatic heterocycles. The van der Waals surface area contributed by atoms with E-state index in [9.17, 15) is 4.79 Å². The summed E-state index contributed by atoms with van der Waals surface area (Å²) in [7, 11) is 0. The maximum Gasteiger partial charge on any atom is 0.307 e. The Balaban J connectivity index is 1.73. The lowest BCUT2D eigenvalue weighted by atomic mass is 10.2. The van der Waals surface area contributed by atoms with Crippen molar-refractivity contribution in [3.05, 3.63) is 21.2 Å². The second-order valence-electron chi connectivity index (χ2n) is 3.01. The lowest BCUT2D eigenvalue weighted by molar-refractivity contribution is 0.0147. The van der Waals surface area contributed by atoms with Crippen LogP contribution in [0.25, 0.3) is 0 Å². The van der Waals surface area contributed by atoms with E-state index in [0.717, 1.165) is 13.1 Å². The van der Waals surface area contributed by atoms with Gasteiger partial charge in [0.25, 0.3) is 0 Å². The molecule has 13 heavy (non-hydrogen) atoms. The molecule has 0 saturated carbocycles. The van der Waals surface area contributed by atoms with Gasteiger partial charge in [-0.05, 0) is 0 Å². The summed E-state index contributed by atoms with van der Waals surface area (Å²) >= 11 is 1.22. The van der Waals surface area contributed by atoms with Crippen molar-refractivity contribution in [3.63, 3.8) is 0 Å². The summed E-state index contributed by atoms with van der Waals surface area (Å²) in [6.07, 6.45) is 2.16. The highest BCUT2D eigenvalue weighted by molar-refractivity contribution is 7.07. The van der Waals surface area contributed by atoms with Crippen molar-refractivity contribution >= 4 is 11.3 Å². The number of ether oxygens (including phenoxy) is 1. The summed E-state index contributed by atoms with van der Waals surface area (Å²) < 4.78 is 7.17. The maximum absolute atomic E-state index is 11.1. The van der Waals surface area contributed by atoms with Crippen LogP contribution in [0.3, 0.4) is 0 Å². The third-order valence-corrected chi connectivity index (χ3v) is 2.77. The van der Waals surface area contributed by atoms with Crippen molar-refractivity contribution in [1.82, 2.24) is 9.88 Å². The molecule has 0 unspecified atom stereocenters. The third-order valence-electron chi connectivity index (χ3n) is 2.07. The molecule has 1 aliphatic rings. The van der Waals surface area contributed by atoms with Gasteiger partial charge in [0, 0.05) is 31.2 Å². The normalized spacial score (nSPS) is 17.2. The van der Waals surface area contributed by atoms with Gasteiger partial charge in [-0.25, -0.2) is 0 Å². The zero-order valence-corrected chi connectivity index (χ0v) is 8.05. The second-order valence-corrected chi connectivity index (χ2v) is 3.87. The number of thiazole rings is 1. The Hall–Kier alpha value is -0.650. The van der Waals surface area contributed by atoms with E-state index in [1.165, 1.54) is 11.3 Å². The van der Waals surface area contributed by atoms with E-state index >= 15 is 0 Å². The molecule has 2 rings (SSSR count). The molecule has 0 aliphatic carbocycles. The first kappa shape index (κ1) is 8.93. The molecule has 1 fully saturated rings. The molecule has 1 aromatic rings. The molecule has 0 spiro atoms. The predicted molar refractivity (Wildman–Crippen MR) is 51.2 cm³/mol. The highest BCUT2D eigenvalue weighted by Gasteiger charge is 2.16.